The molecule has 150 valence electrons. The van der Waals surface area contributed by atoms with Gasteiger partial charge in [-0.1, -0.05) is 29.8 Å². The fourth-order valence-corrected chi connectivity index (χ4v) is 2.89. The van der Waals surface area contributed by atoms with E-state index in [2.05, 4.69) is 5.32 Å². The van der Waals surface area contributed by atoms with Gasteiger partial charge in [0, 0.05) is 22.8 Å². The summed E-state index contributed by atoms with van der Waals surface area (Å²) in [5.74, 6) is 0.131. The first-order chi connectivity index (χ1) is 13.9. The van der Waals surface area contributed by atoms with Crippen LogP contribution in [-0.2, 0) is 6.54 Å². The lowest BCUT2D eigenvalue weighted by Gasteiger charge is -2.11. The Hall–Kier alpha value is -3.32. The van der Waals surface area contributed by atoms with Crippen LogP contribution in [0.15, 0.2) is 65.6 Å². The van der Waals surface area contributed by atoms with Gasteiger partial charge in [0.1, 0.15) is 18.2 Å². The van der Waals surface area contributed by atoms with Crippen LogP contribution in [0.5, 0.6) is 5.75 Å². The van der Waals surface area contributed by atoms with Crippen LogP contribution in [0, 0.1) is 5.82 Å². The molecule has 3 aromatic rings. The van der Waals surface area contributed by atoms with Crippen molar-refractivity contribution in [3.05, 3.63) is 87.6 Å². The summed E-state index contributed by atoms with van der Waals surface area (Å²) >= 11 is 5.77. The van der Waals surface area contributed by atoms with Crippen LogP contribution in [0.1, 0.15) is 5.56 Å². The maximum absolute atomic E-state index is 14.1. The van der Waals surface area contributed by atoms with Crippen LogP contribution in [0.2, 0.25) is 5.02 Å². The zero-order valence-electron chi connectivity index (χ0n) is 15.3. The first kappa shape index (κ1) is 20.4. The number of nitrogens with zero attached hydrogens (tertiary/aromatic N) is 1. The fraction of sp³-hybridized carbons (Fsp3) is 0.143. The third-order valence-electron chi connectivity index (χ3n) is 4.17. The molecule has 8 heteroatoms. The van der Waals surface area contributed by atoms with Crippen LogP contribution >= 0.6 is 11.6 Å². The third-order valence-corrected chi connectivity index (χ3v) is 4.41. The van der Waals surface area contributed by atoms with Gasteiger partial charge in [-0.3, -0.25) is 4.79 Å². The first-order valence-electron chi connectivity index (χ1n) is 8.77. The van der Waals surface area contributed by atoms with E-state index in [0.29, 0.717) is 16.3 Å². The summed E-state index contributed by atoms with van der Waals surface area (Å²) < 4.78 is 20.9. The minimum absolute atomic E-state index is 0.0907. The number of aromatic nitrogens is 1. The number of amides is 1. The molecule has 0 spiro atoms. The number of benzene rings is 2. The number of halogens is 2. The highest BCUT2D eigenvalue weighted by atomic mass is 35.5. The van der Waals surface area contributed by atoms with Crippen molar-refractivity contribution >= 4 is 17.7 Å². The van der Waals surface area contributed by atoms with Gasteiger partial charge in [-0.2, -0.15) is 0 Å². The summed E-state index contributed by atoms with van der Waals surface area (Å²) in [6, 6.07) is 14.7. The first-order valence-corrected chi connectivity index (χ1v) is 9.14. The van der Waals surface area contributed by atoms with Gasteiger partial charge in [-0.25, -0.2) is 9.18 Å². The molecule has 3 rings (SSSR count). The Bertz CT molecular complexity index is 1070. The molecule has 1 aromatic heterocycles. The highest BCUT2D eigenvalue weighted by molar-refractivity contribution is 6.30. The summed E-state index contributed by atoms with van der Waals surface area (Å²) in [4.78, 5) is 22.6. The fourth-order valence-electron chi connectivity index (χ4n) is 2.73. The van der Waals surface area contributed by atoms with Crippen LogP contribution in [0.3, 0.4) is 0 Å². The van der Waals surface area contributed by atoms with Gasteiger partial charge in [-0.15, -0.1) is 0 Å². The second-order valence-electron chi connectivity index (χ2n) is 6.22. The van der Waals surface area contributed by atoms with Crippen molar-refractivity contribution in [3.63, 3.8) is 0 Å². The number of nitrogens with one attached hydrogen (secondary N) is 1. The van der Waals surface area contributed by atoms with Crippen molar-refractivity contribution in [3.8, 4) is 16.9 Å². The van der Waals surface area contributed by atoms with Gasteiger partial charge in [0.05, 0.1) is 13.1 Å². The molecule has 1 amide bonds. The van der Waals surface area contributed by atoms with Crippen molar-refractivity contribution < 1.29 is 19.0 Å². The van der Waals surface area contributed by atoms with Crippen molar-refractivity contribution in [1.29, 1.82) is 0 Å². The minimum Gasteiger partial charge on any atom is -0.492 e. The Balaban J connectivity index is 1.73. The molecule has 0 aliphatic carbocycles. The second kappa shape index (κ2) is 9.25. The smallest absolute Gasteiger partial charge is 0.404 e. The summed E-state index contributed by atoms with van der Waals surface area (Å²) in [7, 11) is 0. The number of ether oxygens (including phenoxy) is 1. The molecule has 0 atom stereocenters. The molecule has 29 heavy (non-hydrogen) atoms. The van der Waals surface area contributed by atoms with Gasteiger partial charge in [-0.05, 0) is 41.5 Å². The zero-order chi connectivity index (χ0) is 20.8. The predicted octanol–water partition coefficient (Wildman–Crippen LogP) is 4.00. The highest BCUT2D eigenvalue weighted by Crippen LogP contribution is 2.22. The Morgan fingerprint density at radius 2 is 1.83 bits per heavy atom. The summed E-state index contributed by atoms with van der Waals surface area (Å²) in [6.07, 6.45) is 0.570. The van der Waals surface area contributed by atoms with Crippen molar-refractivity contribution in [2.24, 2.45) is 0 Å². The molecule has 0 bridgehead atoms. The predicted molar refractivity (Wildman–Crippen MR) is 108 cm³/mol. The maximum atomic E-state index is 14.1. The van der Waals surface area contributed by atoms with E-state index in [1.165, 1.54) is 16.7 Å². The van der Waals surface area contributed by atoms with Gasteiger partial charge in [0.15, 0.2) is 0 Å². The third kappa shape index (κ3) is 5.58. The topological polar surface area (TPSA) is 80.6 Å². The van der Waals surface area contributed by atoms with E-state index in [9.17, 15) is 14.0 Å². The molecule has 0 saturated carbocycles. The van der Waals surface area contributed by atoms with Crippen molar-refractivity contribution in [2.45, 2.75) is 6.54 Å². The number of carbonyl (C=O) groups is 1. The number of rotatable bonds is 7. The number of hydrogen-bond acceptors (Lipinski definition) is 3. The lowest BCUT2D eigenvalue weighted by atomic mass is 10.1. The Morgan fingerprint density at radius 3 is 2.52 bits per heavy atom. The van der Waals surface area contributed by atoms with Crippen molar-refractivity contribution in [2.75, 3.05) is 13.2 Å². The maximum Gasteiger partial charge on any atom is 0.404 e. The standard InChI is InChI=1S/C21H18ClFN2O4/c22-17-5-1-16(19(23)11-17)13-25-12-15(4-8-20(25)26)14-2-6-18(7-3-14)29-10-9-24-21(27)28/h1-8,11-12,24H,9-10,13H2,(H,27,28). The van der Waals surface area contributed by atoms with E-state index in [1.807, 2.05) is 12.1 Å². The van der Waals surface area contributed by atoms with E-state index in [0.717, 1.165) is 11.1 Å². The number of hydrogen-bond donors (Lipinski definition) is 2. The number of carboxylic acid groups (broad SMARTS) is 1. The van der Waals surface area contributed by atoms with Gasteiger partial charge in [0.25, 0.3) is 5.56 Å². The molecular weight excluding hydrogens is 399 g/mol. The van der Waals surface area contributed by atoms with E-state index >= 15 is 0 Å². The van der Waals surface area contributed by atoms with E-state index < -0.39 is 11.9 Å². The minimum atomic E-state index is -1.10. The second-order valence-corrected chi connectivity index (χ2v) is 6.66. The lowest BCUT2D eigenvalue weighted by molar-refractivity contribution is 0.191. The quantitative estimate of drug-likeness (QED) is 0.570. The normalized spacial score (nSPS) is 10.6. The summed E-state index contributed by atoms with van der Waals surface area (Å²) in [5.41, 5.74) is 1.77. The SMILES string of the molecule is O=C(O)NCCOc1ccc(-c2ccc(=O)n(Cc3ccc(Cl)cc3F)c2)cc1. The molecule has 0 fully saturated rings. The molecule has 6 nitrogen and oxygen atoms in total. The van der Waals surface area contributed by atoms with Crippen LogP contribution in [-0.4, -0.2) is 28.9 Å². The molecule has 0 radical (unpaired) electrons. The molecule has 1 heterocycles. The molecular formula is C21H18ClFN2O4. The molecule has 0 unspecified atom stereocenters. The zero-order valence-corrected chi connectivity index (χ0v) is 16.0. The number of pyridine rings is 1. The van der Waals surface area contributed by atoms with E-state index in [1.54, 1.807) is 36.5 Å². The molecule has 0 aliphatic heterocycles. The molecule has 2 aromatic carbocycles. The average molecular weight is 417 g/mol. The summed E-state index contributed by atoms with van der Waals surface area (Å²) in [6.45, 7) is 0.486. The lowest BCUT2D eigenvalue weighted by Crippen LogP contribution is -2.26. The van der Waals surface area contributed by atoms with Crippen LogP contribution in [0.25, 0.3) is 11.1 Å². The monoisotopic (exact) mass is 416 g/mol. The average Bonchev–Trinajstić information content (AvgIpc) is 2.69. The Labute approximate surface area is 171 Å². The Kier molecular flexibility index (Phi) is 6.51. The van der Waals surface area contributed by atoms with Crippen molar-refractivity contribution in [1.82, 2.24) is 9.88 Å². The van der Waals surface area contributed by atoms with E-state index in [4.69, 9.17) is 21.4 Å². The molecule has 2 N–H and O–H groups in total. The van der Waals surface area contributed by atoms with Gasteiger partial charge >= 0.3 is 6.09 Å². The van der Waals surface area contributed by atoms with E-state index in [-0.39, 0.29) is 25.3 Å². The largest absolute Gasteiger partial charge is 0.492 e. The van der Waals surface area contributed by atoms with Crippen LogP contribution < -0.4 is 15.6 Å². The Morgan fingerprint density at radius 1 is 1.10 bits per heavy atom. The highest BCUT2D eigenvalue weighted by Gasteiger charge is 2.07. The van der Waals surface area contributed by atoms with Gasteiger partial charge in [0.2, 0.25) is 0 Å². The van der Waals surface area contributed by atoms with Gasteiger partial charge < -0.3 is 19.7 Å². The van der Waals surface area contributed by atoms with Crippen LogP contribution in [0.4, 0.5) is 9.18 Å². The molecule has 0 aliphatic rings. The summed E-state index contributed by atoms with van der Waals surface area (Å²) in [5, 5.41) is 11.0. The molecule has 0 saturated heterocycles.